The van der Waals surface area contributed by atoms with E-state index >= 15 is 0 Å². The lowest BCUT2D eigenvalue weighted by Gasteiger charge is -2.06. The fourth-order valence-corrected chi connectivity index (χ4v) is 2.46. The molecule has 8 heteroatoms. The summed E-state index contributed by atoms with van der Waals surface area (Å²) in [5, 5.41) is 19.5. The van der Waals surface area contributed by atoms with Gasteiger partial charge in [-0.2, -0.15) is 5.26 Å². The highest BCUT2D eigenvalue weighted by Crippen LogP contribution is 2.13. The number of hydrogen-bond donors (Lipinski definition) is 3. The summed E-state index contributed by atoms with van der Waals surface area (Å²) < 4.78 is 22.4. The number of carbonyl (C=O) groups excluding carboxylic acids is 1. The maximum Gasteiger partial charge on any atom is 0.267 e. The van der Waals surface area contributed by atoms with E-state index in [1.165, 1.54) is 30.5 Å². The van der Waals surface area contributed by atoms with Crippen LogP contribution in [0.5, 0.6) is 0 Å². The third-order valence-electron chi connectivity index (χ3n) is 3.20. The Hall–Kier alpha value is -3.15. The third kappa shape index (κ3) is 5.46. The number of sulfonamides is 1. The summed E-state index contributed by atoms with van der Waals surface area (Å²) in [6.45, 7) is 0.475. The van der Waals surface area contributed by atoms with Crippen molar-refractivity contribution >= 4 is 21.6 Å². The van der Waals surface area contributed by atoms with Crippen LogP contribution in [0, 0.1) is 11.3 Å². The fourth-order valence-electron chi connectivity index (χ4n) is 1.94. The van der Waals surface area contributed by atoms with E-state index < -0.39 is 15.9 Å². The molecule has 2 rings (SSSR count). The minimum Gasteiger partial charge on any atom is -0.386 e. The molecule has 4 N–H and O–H groups in total. The molecule has 7 nitrogen and oxygen atoms in total. The van der Waals surface area contributed by atoms with Crippen molar-refractivity contribution in [3.63, 3.8) is 0 Å². The van der Waals surface area contributed by atoms with Gasteiger partial charge in [-0.1, -0.05) is 30.3 Å². The second-order valence-electron chi connectivity index (χ2n) is 5.06. The zero-order chi connectivity index (χ0) is 18.3. The minimum absolute atomic E-state index is 0.0638. The van der Waals surface area contributed by atoms with Crippen LogP contribution in [-0.2, 0) is 21.4 Å². The molecule has 1 amide bonds. The Morgan fingerprint density at radius 3 is 2.32 bits per heavy atom. The van der Waals surface area contributed by atoms with Crippen molar-refractivity contribution in [2.24, 2.45) is 5.14 Å². The monoisotopic (exact) mass is 356 g/mol. The van der Waals surface area contributed by atoms with Gasteiger partial charge in [0.2, 0.25) is 10.0 Å². The molecule has 0 radical (unpaired) electrons. The Balaban J connectivity index is 2.00. The number of hydrogen-bond acceptors (Lipinski definition) is 5. The van der Waals surface area contributed by atoms with Crippen molar-refractivity contribution in [1.29, 1.82) is 5.26 Å². The van der Waals surface area contributed by atoms with Gasteiger partial charge in [0.1, 0.15) is 11.6 Å². The molecule has 0 aliphatic heterocycles. The number of rotatable bonds is 6. The second-order valence-corrected chi connectivity index (χ2v) is 6.62. The predicted molar refractivity (Wildman–Crippen MR) is 93.4 cm³/mol. The topological polar surface area (TPSA) is 125 Å². The van der Waals surface area contributed by atoms with E-state index in [9.17, 15) is 13.2 Å². The smallest absolute Gasteiger partial charge is 0.267 e. The molecule has 0 heterocycles. The van der Waals surface area contributed by atoms with Gasteiger partial charge in [-0.15, -0.1) is 0 Å². The summed E-state index contributed by atoms with van der Waals surface area (Å²) >= 11 is 0. The van der Waals surface area contributed by atoms with Crippen LogP contribution in [0.3, 0.4) is 0 Å². The average Bonchev–Trinajstić information content (AvgIpc) is 2.59. The second kappa shape index (κ2) is 8.10. The van der Waals surface area contributed by atoms with E-state index in [4.69, 9.17) is 10.4 Å². The molecule has 0 saturated carbocycles. The molecule has 0 bridgehead atoms. The average molecular weight is 356 g/mol. The zero-order valence-corrected chi connectivity index (χ0v) is 14.0. The fraction of sp³-hybridized carbons (Fsp3) is 0.0588. The van der Waals surface area contributed by atoms with E-state index in [-0.39, 0.29) is 10.5 Å². The first kappa shape index (κ1) is 18.2. The maximum atomic E-state index is 12.1. The van der Waals surface area contributed by atoms with Crippen molar-refractivity contribution in [3.05, 3.63) is 71.9 Å². The predicted octanol–water partition coefficient (Wildman–Crippen LogP) is 1.47. The van der Waals surface area contributed by atoms with Crippen molar-refractivity contribution in [1.82, 2.24) is 5.32 Å². The quantitative estimate of drug-likeness (QED) is 0.534. The lowest BCUT2D eigenvalue weighted by Crippen LogP contribution is -2.17. The summed E-state index contributed by atoms with van der Waals surface area (Å²) in [5.74, 6) is -0.605. The molecule has 0 aromatic heterocycles. The molecule has 0 spiro atoms. The van der Waals surface area contributed by atoms with Crippen LogP contribution in [-0.4, -0.2) is 14.3 Å². The van der Waals surface area contributed by atoms with Gasteiger partial charge in [0.25, 0.3) is 5.91 Å². The lowest BCUT2D eigenvalue weighted by atomic mass is 10.2. The lowest BCUT2D eigenvalue weighted by molar-refractivity contribution is -0.112. The summed E-state index contributed by atoms with van der Waals surface area (Å²) in [4.78, 5) is 12.0. The number of anilines is 1. The molecule has 2 aromatic carbocycles. The van der Waals surface area contributed by atoms with Gasteiger partial charge in [0.15, 0.2) is 0 Å². The summed E-state index contributed by atoms with van der Waals surface area (Å²) in [6, 6.07) is 16.7. The Morgan fingerprint density at radius 1 is 1.12 bits per heavy atom. The summed E-state index contributed by atoms with van der Waals surface area (Å²) in [7, 11) is -3.79. The largest absolute Gasteiger partial charge is 0.386 e. The summed E-state index contributed by atoms with van der Waals surface area (Å²) in [5.41, 5.74) is 1.25. The van der Waals surface area contributed by atoms with E-state index in [1.54, 1.807) is 0 Å². The maximum absolute atomic E-state index is 12.1. The van der Waals surface area contributed by atoms with Crippen LogP contribution < -0.4 is 15.8 Å². The molecule has 0 unspecified atom stereocenters. The van der Waals surface area contributed by atoms with Crippen molar-refractivity contribution in [2.45, 2.75) is 11.4 Å². The van der Waals surface area contributed by atoms with Crippen LogP contribution in [0.4, 0.5) is 5.69 Å². The van der Waals surface area contributed by atoms with E-state index in [0.29, 0.717) is 12.2 Å². The van der Waals surface area contributed by atoms with Gasteiger partial charge >= 0.3 is 0 Å². The summed E-state index contributed by atoms with van der Waals surface area (Å²) in [6.07, 6.45) is 1.33. The van der Waals surface area contributed by atoms with Crippen LogP contribution in [0.1, 0.15) is 5.56 Å². The molecular weight excluding hydrogens is 340 g/mol. The van der Waals surface area contributed by atoms with Gasteiger partial charge in [0, 0.05) is 18.4 Å². The molecular formula is C17H16N4O3S. The van der Waals surface area contributed by atoms with Crippen LogP contribution in [0.15, 0.2) is 71.3 Å². The number of nitrogens with zero attached hydrogens (tertiary/aromatic N) is 1. The molecule has 0 fully saturated rings. The van der Waals surface area contributed by atoms with Crippen molar-refractivity contribution in [2.75, 3.05) is 5.32 Å². The highest BCUT2D eigenvalue weighted by molar-refractivity contribution is 7.89. The van der Waals surface area contributed by atoms with E-state index in [2.05, 4.69) is 10.6 Å². The van der Waals surface area contributed by atoms with Crippen molar-refractivity contribution in [3.8, 4) is 6.07 Å². The Kier molecular flexibility index (Phi) is 5.89. The number of primary sulfonamides is 1. The highest BCUT2D eigenvalue weighted by Gasteiger charge is 2.11. The SMILES string of the molecule is N#C/C(=C/NCc1ccccc1)C(=O)Nc1ccc(S(N)(=O)=O)cc1. The van der Waals surface area contributed by atoms with Crippen molar-refractivity contribution < 1.29 is 13.2 Å². The minimum atomic E-state index is -3.79. The van der Waals surface area contributed by atoms with Crippen LogP contribution >= 0.6 is 0 Å². The first-order chi connectivity index (χ1) is 11.9. The Morgan fingerprint density at radius 2 is 1.76 bits per heavy atom. The number of nitrogens with one attached hydrogen (secondary N) is 2. The number of nitrogens with two attached hydrogens (primary N) is 1. The van der Waals surface area contributed by atoms with Crippen LogP contribution in [0.25, 0.3) is 0 Å². The zero-order valence-electron chi connectivity index (χ0n) is 13.1. The van der Waals surface area contributed by atoms with Gasteiger partial charge in [-0.25, -0.2) is 13.6 Å². The molecule has 128 valence electrons. The number of carbonyl (C=O) groups is 1. The Bertz CT molecular complexity index is 915. The standard InChI is InChI=1S/C17H16N4O3S/c18-10-14(12-20-11-13-4-2-1-3-5-13)17(22)21-15-6-8-16(9-7-15)25(19,23)24/h1-9,12,20H,11H2,(H,21,22)(H2,19,23,24)/b14-12-. The third-order valence-corrected chi connectivity index (χ3v) is 4.13. The van der Waals surface area contributed by atoms with Gasteiger partial charge < -0.3 is 10.6 Å². The van der Waals surface area contributed by atoms with E-state index in [0.717, 1.165) is 5.56 Å². The molecule has 0 aliphatic carbocycles. The molecule has 0 aliphatic rings. The number of benzene rings is 2. The normalized spacial score (nSPS) is 11.4. The number of amides is 1. The first-order valence-electron chi connectivity index (χ1n) is 7.22. The molecule has 25 heavy (non-hydrogen) atoms. The molecule has 0 atom stereocenters. The Labute approximate surface area is 145 Å². The molecule has 2 aromatic rings. The highest BCUT2D eigenvalue weighted by atomic mass is 32.2. The van der Waals surface area contributed by atoms with Gasteiger partial charge in [-0.3, -0.25) is 4.79 Å². The first-order valence-corrected chi connectivity index (χ1v) is 8.76. The molecule has 0 saturated heterocycles. The van der Waals surface area contributed by atoms with Crippen LogP contribution in [0.2, 0.25) is 0 Å². The van der Waals surface area contributed by atoms with Gasteiger partial charge in [-0.05, 0) is 29.8 Å². The number of nitriles is 1. The van der Waals surface area contributed by atoms with E-state index in [1.807, 2.05) is 36.4 Å². The van der Waals surface area contributed by atoms with Gasteiger partial charge in [0.05, 0.1) is 4.90 Å².